The predicted molar refractivity (Wildman–Crippen MR) is 102 cm³/mol. The van der Waals surface area contributed by atoms with Gasteiger partial charge in [0, 0.05) is 19.8 Å². The number of amides is 1. The van der Waals surface area contributed by atoms with Gasteiger partial charge in [0.05, 0.1) is 23.4 Å². The van der Waals surface area contributed by atoms with E-state index in [4.69, 9.17) is 9.47 Å². The van der Waals surface area contributed by atoms with E-state index in [2.05, 4.69) is 5.32 Å². The Morgan fingerprint density at radius 3 is 2.41 bits per heavy atom. The van der Waals surface area contributed by atoms with Crippen LogP contribution < -0.4 is 10.2 Å². The SMILES string of the molecule is CCOC(=O)c1ccccc1NC(=O)COC(=O)c1cccc(N(C)C)c1. The van der Waals surface area contributed by atoms with Gasteiger partial charge in [-0.2, -0.15) is 0 Å². The minimum absolute atomic E-state index is 0.227. The first-order valence-corrected chi connectivity index (χ1v) is 8.43. The van der Waals surface area contributed by atoms with Gasteiger partial charge in [-0.3, -0.25) is 4.79 Å². The Bertz CT molecular complexity index is 833. The Balaban J connectivity index is 1.98. The first kappa shape index (κ1) is 20.0. The monoisotopic (exact) mass is 370 g/mol. The van der Waals surface area contributed by atoms with Gasteiger partial charge in [0.15, 0.2) is 6.61 Å². The van der Waals surface area contributed by atoms with Crippen molar-refractivity contribution >= 4 is 29.2 Å². The van der Waals surface area contributed by atoms with E-state index < -0.39 is 24.5 Å². The van der Waals surface area contributed by atoms with E-state index in [1.807, 2.05) is 25.1 Å². The number of para-hydroxylation sites is 1. The van der Waals surface area contributed by atoms with Crippen molar-refractivity contribution < 1.29 is 23.9 Å². The molecule has 0 aliphatic heterocycles. The summed E-state index contributed by atoms with van der Waals surface area (Å²) < 4.78 is 10.0. The zero-order chi connectivity index (χ0) is 19.8. The average molecular weight is 370 g/mol. The van der Waals surface area contributed by atoms with Gasteiger partial charge in [-0.25, -0.2) is 9.59 Å². The molecule has 0 spiro atoms. The summed E-state index contributed by atoms with van der Waals surface area (Å²) in [7, 11) is 3.72. The first-order valence-electron chi connectivity index (χ1n) is 8.43. The molecule has 2 aromatic carbocycles. The van der Waals surface area contributed by atoms with Crippen LogP contribution >= 0.6 is 0 Å². The van der Waals surface area contributed by atoms with Gasteiger partial charge in [0.25, 0.3) is 5.91 Å². The van der Waals surface area contributed by atoms with Crippen molar-refractivity contribution in [2.75, 3.05) is 37.5 Å². The number of hydrogen-bond donors (Lipinski definition) is 1. The predicted octanol–water partition coefficient (Wildman–Crippen LogP) is 2.72. The van der Waals surface area contributed by atoms with Gasteiger partial charge in [0.1, 0.15) is 0 Å². The van der Waals surface area contributed by atoms with Gasteiger partial charge in [-0.1, -0.05) is 18.2 Å². The second kappa shape index (κ2) is 9.38. The van der Waals surface area contributed by atoms with Crippen molar-refractivity contribution in [1.82, 2.24) is 0 Å². The third-order valence-corrected chi connectivity index (χ3v) is 3.63. The zero-order valence-corrected chi connectivity index (χ0v) is 15.5. The Morgan fingerprint density at radius 2 is 1.70 bits per heavy atom. The molecule has 142 valence electrons. The third-order valence-electron chi connectivity index (χ3n) is 3.63. The topological polar surface area (TPSA) is 84.9 Å². The number of carbonyl (C=O) groups is 3. The van der Waals surface area contributed by atoms with Crippen molar-refractivity contribution in [1.29, 1.82) is 0 Å². The van der Waals surface area contributed by atoms with Crippen molar-refractivity contribution in [2.24, 2.45) is 0 Å². The number of hydrogen-bond acceptors (Lipinski definition) is 6. The highest BCUT2D eigenvalue weighted by atomic mass is 16.5. The lowest BCUT2D eigenvalue weighted by Crippen LogP contribution is -2.22. The number of anilines is 2. The van der Waals surface area contributed by atoms with Crippen molar-refractivity contribution in [3.05, 3.63) is 59.7 Å². The van der Waals surface area contributed by atoms with Gasteiger partial charge in [-0.15, -0.1) is 0 Å². The van der Waals surface area contributed by atoms with Crippen molar-refractivity contribution in [3.63, 3.8) is 0 Å². The second-order valence-corrected chi connectivity index (χ2v) is 5.84. The molecular weight excluding hydrogens is 348 g/mol. The highest BCUT2D eigenvalue weighted by molar-refractivity contribution is 6.02. The van der Waals surface area contributed by atoms with Gasteiger partial charge < -0.3 is 19.7 Å². The Kier molecular flexibility index (Phi) is 6.93. The Labute approximate surface area is 157 Å². The molecule has 0 atom stereocenters. The minimum Gasteiger partial charge on any atom is -0.462 e. The van der Waals surface area contributed by atoms with Crippen LogP contribution in [-0.4, -0.2) is 45.2 Å². The lowest BCUT2D eigenvalue weighted by atomic mass is 10.2. The van der Waals surface area contributed by atoms with E-state index >= 15 is 0 Å². The van der Waals surface area contributed by atoms with E-state index in [-0.39, 0.29) is 12.2 Å². The van der Waals surface area contributed by atoms with Crippen LogP contribution in [0, 0.1) is 0 Å². The van der Waals surface area contributed by atoms with Crippen LogP contribution in [0.25, 0.3) is 0 Å². The standard InChI is InChI=1S/C20H22N2O5/c1-4-26-20(25)16-10-5-6-11-17(16)21-18(23)13-27-19(24)14-8-7-9-15(12-14)22(2)3/h5-12H,4,13H2,1-3H3,(H,21,23). The largest absolute Gasteiger partial charge is 0.462 e. The summed E-state index contributed by atoms with van der Waals surface area (Å²) in [5.41, 5.74) is 1.72. The maximum Gasteiger partial charge on any atom is 0.340 e. The lowest BCUT2D eigenvalue weighted by Gasteiger charge is -2.13. The molecule has 0 saturated carbocycles. The maximum absolute atomic E-state index is 12.1. The smallest absolute Gasteiger partial charge is 0.340 e. The third kappa shape index (κ3) is 5.57. The molecular formula is C20H22N2O5. The number of esters is 2. The number of benzene rings is 2. The summed E-state index contributed by atoms with van der Waals surface area (Å²) >= 11 is 0. The number of nitrogens with zero attached hydrogens (tertiary/aromatic N) is 1. The summed E-state index contributed by atoms with van der Waals surface area (Å²) in [6.07, 6.45) is 0. The van der Waals surface area contributed by atoms with Crippen LogP contribution in [0.5, 0.6) is 0 Å². The fraction of sp³-hybridized carbons (Fsp3) is 0.250. The summed E-state index contributed by atoms with van der Waals surface area (Å²) in [4.78, 5) is 38.0. The molecule has 0 heterocycles. The Hall–Kier alpha value is -3.35. The van der Waals surface area contributed by atoms with Crippen LogP contribution in [0.3, 0.4) is 0 Å². The average Bonchev–Trinajstić information content (AvgIpc) is 2.66. The van der Waals surface area contributed by atoms with Crippen LogP contribution in [0.1, 0.15) is 27.6 Å². The van der Waals surface area contributed by atoms with Crippen molar-refractivity contribution in [2.45, 2.75) is 6.92 Å². The highest BCUT2D eigenvalue weighted by Crippen LogP contribution is 2.17. The quantitative estimate of drug-likeness (QED) is 0.755. The maximum atomic E-state index is 12.1. The molecule has 0 aliphatic carbocycles. The first-order chi connectivity index (χ1) is 12.9. The van der Waals surface area contributed by atoms with Crippen LogP contribution in [-0.2, 0) is 14.3 Å². The van der Waals surface area contributed by atoms with Crippen LogP contribution in [0.4, 0.5) is 11.4 Å². The van der Waals surface area contributed by atoms with E-state index in [0.717, 1.165) is 5.69 Å². The fourth-order valence-electron chi connectivity index (χ4n) is 2.29. The second-order valence-electron chi connectivity index (χ2n) is 5.84. The fourth-order valence-corrected chi connectivity index (χ4v) is 2.29. The van der Waals surface area contributed by atoms with Gasteiger partial charge >= 0.3 is 11.9 Å². The molecule has 7 heteroatoms. The minimum atomic E-state index is -0.604. The number of rotatable bonds is 7. The molecule has 0 aliphatic rings. The van der Waals surface area contributed by atoms with E-state index in [1.165, 1.54) is 0 Å². The summed E-state index contributed by atoms with van der Waals surface area (Å²) in [6.45, 7) is 1.46. The van der Waals surface area contributed by atoms with E-state index in [0.29, 0.717) is 11.3 Å². The molecule has 0 radical (unpaired) electrons. The molecule has 0 aromatic heterocycles. The molecule has 2 aromatic rings. The Morgan fingerprint density at radius 1 is 0.963 bits per heavy atom. The molecule has 1 amide bonds. The molecule has 0 unspecified atom stereocenters. The molecule has 0 fully saturated rings. The zero-order valence-electron chi connectivity index (χ0n) is 15.5. The van der Waals surface area contributed by atoms with Crippen LogP contribution in [0.2, 0.25) is 0 Å². The summed E-state index contributed by atoms with van der Waals surface area (Å²) in [5, 5.41) is 2.56. The summed E-state index contributed by atoms with van der Waals surface area (Å²) in [6, 6.07) is 13.4. The molecule has 0 saturated heterocycles. The lowest BCUT2D eigenvalue weighted by molar-refractivity contribution is -0.119. The molecule has 27 heavy (non-hydrogen) atoms. The summed E-state index contributed by atoms with van der Waals surface area (Å²) in [5.74, 6) is -1.69. The molecule has 2 rings (SSSR count). The van der Waals surface area contributed by atoms with Gasteiger partial charge in [-0.05, 0) is 37.3 Å². The highest BCUT2D eigenvalue weighted by Gasteiger charge is 2.15. The van der Waals surface area contributed by atoms with Crippen molar-refractivity contribution in [3.8, 4) is 0 Å². The number of ether oxygens (including phenoxy) is 2. The van der Waals surface area contributed by atoms with Gasteiger partial charge in [0.2, 0.25) is 0 Å². The van der Waals surface area contributed by atoms with E-state index in [9.17, 15) is 14.4 Å². The number of nitrogens with one attached hydrogen (secondary N) is 1. The number of carbonyl (C=O) groups excluding carboxylic acids is 3. The van der Waals surface area contributed by atoms with E-state index in [1.54, 1.807) is 49.4 Å². The molecule has 0 bridgehead atoms. The molecule has 1 N–H and O–H groups in total. The van der Waals surface area contributed by atoms with Crippen LogP contribution in [0.15, 0.2) is 48.5 Å². The molecule has 7 nitrogen and oxygen atoms in total. The normalized spacial score (nSPS) is 10.0.